The van der Waals surface area contributed by atoms with Gasteiger partial charge in [0.25, 0.3) is 0 Å². The molecule has 104 valence electrons. The third-order valence-electron chi connectivity index (χ3n) is 2.87. The second-order valence-electron chi connectivity index (χ2n) is 4.36. The van der Waals surface area contributed by atoms with Crippen molar-refractivity contribution in [2.24, 2.45) is 0 Å². The molecule has 0 spiro atoms. The summed E-state index contributed by atoms with van der Waals surface area (Å²) in [7, 11) is 0. The molecular weight excluding hydrogens is 287 g/mol. The molecule has 19 heavy (non-hydrogen) atoms. The SMILES string of the molecule is CCNc1nc(NCC2CCC(=O)N2)c(Cl)cc1Cl. The molecule has 1 aliphatic rings. The first-order valence-electron chi connectivity index (χ1n) is 6.23. The van der Waals surface area contributed by atoms with E-state index < -0.39 is 0 Å². The van der Waals surface area contributed by atoms with E-state index in [-0.39, 0.29) is 11.9 Å². The summed E-state index contributed by atoms with van der Waals surface area (Å²) < 4.78 is 0. The third-order valence-corrected chi connectivity index (χ3v) is 3.45. The fraction of sp³-hybridized carbons (Fsp3) is 0.500. The lowest BCUT2D eigenvalue weighted by molar-refractivity contribution is -0.119. The number of hydrogen-bond acceptors (Lipinski definition) is 4. The number of nitrogens with zero attached hydrogens (tertiary/aromatic N) is 1. The molecule has 3 N–H and O–H groups in total. The lowest BCUT2D eigenvalue weighted by atomic mass is 10.2. The Balaban J connectivity index is 2.02. The molecule has 1 aliphatic heterocycles. The average Bonchev–Trinajstić information content (AvgIpc) is 2.77. The van der Waals surface area contributed by atoms with E-state index in [1.807, 2.05) is 6.92 Å². The number of aromatic nitrogens is 1. The molecule has 1 atom stereocenters. The molecule has 5 nitrogen and oxygen atoms in total. The summed E-state index contributed by atoms with van der Waals surface area (Å²) >= 11 is 12.1. The molecule has 0 aliphatic carbocycles. The monoisotopic (exact) mass is 302 g/mol. The van der Waals surface area contributed by atoms with Crippen molar-refractivity contribution in [3.05, 3.63) is 16.1 Å². The molecule has 7 heteroatoms. The van der Waals surface area contributed by atoms with Crippen LogP contribution in [0.2, 0.25) is 10.0 Å². The van der Waals surface area contributed by atoms with Gasteiger partial charge in [-0.1, -0.05) is 23.2 Å². The number of halogens is 2. The summed E-state index contributed by atoms with van der Waals surface area (Å²) in [5, 5.41) is 10.1. The lowest BCUT2D eigenvalue weighted by Crippen LogP contribution is -2.32. The highest BCUT2D eigenvalue weighted by Gasteiger charge is 2.20. The molecule has 1 unspecified atom stereocenters. The standard InChI is InChI=1S/C12H16Cl2N4O/c1-2-15-11-8(13)5-9(14)12(18-11)16-6-7-3-4-10(19)17-7/h5,7H,2-4,6H2,1H3,(H,17,19)(H2,15,16,18). The zero-order valence-electron chi connectivity index (χ0n) is 10.6. The van der Waals surface area contributed by atoms with Gasteiger partial charge in [-0.05, 0) is 19.4 Å². The van der Waals surface area contributed by atoms with E-state index in [1.165, 1.54) is 0 Å². The Morgan fingerprint density at radius 3 is 2.63 bits per heavy atom. The van der Waals surface area contributed by atoms with Crippen molar-refractivity contribution < 1.29 is 4.79 Å². The molecule has 0 radical (unpaired) electrons. The first kappa shape index (κ1) is 14.2. The van der Waals surface area contributed by atoms with Gasteiger partial charge in [-0.15, -0.1) is 0 Å². The van der Waals surface area contributed by atoms with Gasteiger partial charge in [0, 0.05) is 25.6 Å². The lowest BCUT2D eigenvalue weighted by Gasteiger charge is -2.14. The van der Waals surface area contributed by atoms with Crippen molar-refractivity contribution in [3.8, 4) is 0 Å². The quantitative estimate of drug-likeness (QED) is 0.782. The second-order valence-corrected chi connectivity index (χ2v) is 5.18. The predicted octanol–water partition coefficient (Wildman–Crippen LogP) is 2.51. The molecule has 1 fully saturated rings. The topological polar surface area (TPSA) is 66.0 Å². The van der Waals surface area contributed by atoms with Crippen molar-refractivity contribution in [1.29, 1.82) is 0 Å². The van der Waals surface area contributed by atoms with Crippen LogP contribution in [0, 0.1) is 0 Å². The first-order chi connectivity index (χ1) is 9.10. The van der Waals surface area contributed by atoms with Crippen LogP contribution in [-0.2, 0) is 4.79 Å². The minimum atomic E-state index is 0.0929. The van der Waals surface area contributed by atoms with Crippen LogP contribution in [-0.4, -0.2) is 30.0 Å². The highest BCUT2D eigenvalue weighted by molar-refractivity contribution is 6.37. The summed E-state index contributed by atoms with van der Waals surface area (Å²) in [6, 6.07) is 1.78. The van der Waals surface area contributed by atoms with Crippen LogP contribution in [0.5, 0.6) is 0 Å². The summed E-state index contributed by atoms with van der Waals surface area (Å²) in [5.41, 5.74) is 0. The van der Waals surface area contributed by atoms with Gasteiger partial charge < -0.3 is 16.0 Å². The molecule has 1 saturated heterocycles. The summed E-state index contributed by atoms with van der Waals surface area (Å²) in [6.45, 7) is 3.30. The Morgan fingerprint density at radius 1 is 1.37 bits per heavy atom. The van der Waals surface area contributed by atoms with E-state index >= 15 is 0 Å². The van der Waals surface area contributed by atoms with Crippen molar-refractivity contribution in [3.63, 3.8) is 0 Å². The van der Waals surface area contributed by atoms with Gasteiger partial charge in [0.05, 0.1) is 10.0 Å². The van der Waals surface area contributed by atoms with Crippen LogP contribution in [0.1, 0.15) is 19.8 Å². The molecule has 1 amide bonds. The Hall–Kier alpha value is -1.20. The predicted molar refractivity (Wildman–Crippen MR) is 78.1 cm³/mol. The number of rotatable bonds is 5. The molecule has 0 bridgehead atoms. The van der Waals surface area contributed by atoms with E-state index in [0.29, 0.717) is 34.6 Å². The van der Waals surface area contributed by atoms with E-state index in [4.69, 9.17) is 23.2 Å². The van der Waals surface area contributed by atoms with Crippen molar-refractivity contribution in [1.82, 2.24) is 10.3 Å². The van der Waals surface area contributed by atoms with Gasteiger partial charge in [-0.25, -0.2) is 4.98 Å². The van der Waals surface area contributed by atoms with Crippen LogP contribution in [0.3, 0.4) is 0 Å². The minimum Gasteiger partial charge on any atom is -0.369 e. The van der Waals surface area contributed by atoms with Gasteiger partial charge in [0.1, 0.15) is 11.6 Å². The Kier molecular flexibility index (Phi) is 4.71. The normalized spacial score (nSPS) is 18.3. The average molecular weight is 303 g/mol. The largest absolute Gasteiger partial charge is 0.369 e. The van der Waals surface area contributed by atoms with Gasteiger partial charge in [0.15, 0.2) is 0 Å². The van der Waals surface area contributed by atoms with Crippen LogP contribution in [0.25, 0.3) is 0 Å². The Bertz CT molecular complexity index is 481. The van der Waals surface area contributed by atoms with Crippen LogP contribution in [0.4, 0.5) is 11.6 Å². The Morgan fingerprint density at radius 2 is 2.05 bits per heavy atom. The summed E-state index contributed by atoms with van der Waals surface area (Å²) in [6.07, 6.45) is 1.41. The number of pyridine rings is 1. The zero-order chi connectivity index (χ0) is 13.8. The molecule has 2 heterocycles. The maximum Gasteiger partial charge on any atom is 0.220 e. The summed E-state index contributed by atoms with van der Waals surface area (Å²) in [5.74, 6) is 1.27. The van der Waals surface area contributed by atoms with Gasteiger partial charge in [-0.3, -0.25) is 4.79 Å². The fourth-order valence-electron chi connectivity index (χ4n) is 1.93. The van der Waals surface area contributed by atoms with E-state index in [2.05, 4.69) is 20.9 Å². The van der Waals surface area contributed by atoms with E-state index in [1.54, 1.807) is 6.07 Å². The van der Waals surface area contributed by atoms with Gasteiger partial charge in [0.2, 0.25) is 5.91 Å². The third kappa shape index (κ3) is 3.64. The minimum absolute atomic E-state index is 0.0929. The van der Waals surface area contributed by atoms with Crippen molar-refractivity contribution in [2.45, 2.75) is 25.8 Å². The molecule has 0 saturated carbocycles. The second kappa shape index (κ2) is 6.30. The van der Waals surface area contributed by atoms with Crippen LogP contribution in [0.15, 0.2) is 6.07 Å². The van der Waals surface area contributed by atoms with Crippen LogP contribution >= 0.6 is 23.2 Å². The van der Waals surface area contributed by atoms with Crippen molar-refractivity contribution >= 4 is 40.7 Å². The molecule has 1 aromatic rings. The molecule has 0 aromatic carbocycles. The maximum atomic E-state index is 11.1. The fourth-order valence-corrected chi connectivity index (χ4v) is 2.42. The molecule has 1 aromatic heterocycles. The first-order valence-corrected chi connectivity index (χ1v) is 6.99. The molecular formula is C12H16Cl2N4O. The summed E-state index contributed by atoms with van der Waals surface area (Å²) in [4.78, 5) is 15.5. The van der Waals surface area contributed by atoms with Gasteiger partial charge in [-0.2, -0.15) is 0 Å². The number of carbonyl (C=O) groups is 1. The number of carbonyl (C=O) groups excluding carboxylic acids is 1. The number of nitrogens with one attached hydrogen (secondary N) is 3. The van der Waals surface area contributed by atoms with Crippen LogP contribution < -0.4 is 16.0 Å². The molecule has 2 rings (SSSR count). The Labute approximate surface area is 122 Å². The van der Waals surface area contributed by atoms with E-state index in [0.717, 1.165) is 13.0 Å². The highest BCUT2D eigenvalue weighted by atomic mass is 35.5. The maximum absolute atomic E-state index is 11.1. The van der Waals surface area contributed by atoms with Crippen molar-refractivity contribution in [2.75, 3.05) is 23.7 Å². The van der Waals surface area contributed by atoms with Gasteiger partial charge >= 0.3 is 0 Å². The zero-order valence-corrected chi connectivity index (χ0v) is 12.1. The van der Waals surface area contributed by atoms with E-state index in [9.17, 15) is 4.79 Å². The highest BCUT2D eigenvalue weighted by Crippen LogP contribution is 2.29. The number of amides is 1. The smallest absolute Gasteiger partial charge is 0.220 e. The number of anilines is 2. The number of hydrogen-bond donors (Lipinski definition) is 3.